The van der Waals surface area contributed by atoms with Gasteiger partial charge >= 0.3 is 0 Å². The summed E-state index contributed by atoms with van der Waals surface area (Å²) in [5.41, 5.74) is 1.75. The molecule has 0 unspecified atom stereocenters. The third-order valence-electron chi connectivity index (χ3n) is 3.02. The lowest BCUT2D eigenvalue weighted by molar-refractivity contribution is -0.104. The van der Waals surface area contributed by atoms with E-state index in [-0.39, 0.29) is 5.91 Å². The van der Waals surface area contributed by atoms with Gasteiger partial charge in [0.25, 0.3) is 5.91 Å². The Labute approximate surface area is 106 Å². The minimum Gasteiger partial charge on any atom is -0.497 e. The van der Waals surface area contributed by atoms with Crippen LogP contribution in [0, 0.1) is 0 Å². The molecule has 1 aromatic carbocycles. The number of fused-ring (bicyclic) bond motifs is 1. The molecule has 1 aliphatic heterocycles. The average Bonchev–Trinajstić information content (AvgIpc) is 2.41. The van der Waals surface area contributed by atoms with Crippen molar-refractivity contribution in [2.45, 2.75) is 6.42 Å². The van der Waals surface area contributed by atoms with E-state index in [4.69, 9.17) is 4.74 Å². The molecular formula is C14H15NO3. The third-order valence-corrected chi connectivity index (χ3v) is 3.02. The third kappa shape index (κ3) is 2.42. The van der Waals surface area contributed by atoms with E-state index in [2.05, 4.69) is 0 Å². The minimum absolute atomic E-state index is 0.00875. The Bertz CT molecular complexity index is 494. The van der Waals surface area contributed by atoms with E-state index in [1.807, 2.05) is 6.07 Å². The average molecular weight is 245 g/mol. The molecule has 0 N–H and O–H groups in total. The number of amides is 1. The van der Waals surface area contributed by atoms with Crippen LogP contribution in [0.25, 0.3) is 0 Å². The molecule has 1 aromatic rings. The highest BCUT2D eigenvalue weighted by Gasteiger charge is 2.23. The molecule has 0 radical (unpaired) electrons. The van der Waals surface area contributed by atoms with Gasteiger partial charge in [-0.25, -0.2) is 0 Å². The Morgan fingerprint density at radius 3 is 3.00 bits per heavy atom. The summed E-state index contributed by atoms with van der Waals surface area (Å²) in [5.74, 6) is 0.783. The molecule has 1 amide bonds. The van der Waals surface area contributed by atoms with Crippen molar-refractivity contribution in [1.29, 1.82) is 0 Å². The monoisotopic (exact) mass is 245 g/mol. The Hall–Kier alpha value is -2.10. The fraction of sp³-hybridized carbons (Fsp3) is 0.286. The second-order valence-corrected chi connectivity index (χ2v) is 4.09. The predicted octanol–water partition coefficient (Wildman–Crippen LogP) is 1.45. The predicted molar refractivity (Wildman–Crippen MR) is 67.8 cm³/mol. The lowest BCUT2D eigenvalue weighted by Crippen LogP contribution is -2.37. The van der Waals surface area contributed by atoms with Crippen LogP contribution >= 0.6 is 0 Å². The fourth-order valence-electron chi connectivity index (χ4n) is 2.06. The number of aldehydes is 1. The number of allylic oxidation sites excluding steroid dienone is 1. The van der Waals surface area contributed by atoms with Crippen molar-refractivity contribution in [2.24, 2.45) is 0 Å². The number of rotatable bonds is 4. The molecule has 0 aromatic heterocycles. The normalized spacial score (nSPS) is 14.7. The lowest BCUT2D eigenvalue weighted by atomic mass is 9.98. The van der Waals surface area contributed by atoms with Crippen molar-refractivity contribution < 1.29 is 14.3 Å². The van der Waals surface area contributed by atoms with Crippen molar-refractivity contribution in [3.05, 3.63) is 41.5 Å². The molecule has 94 valence electrons. The van der Waals surface area contributed by atoms with Crippen molar-refractivity contribution in [3.8, 4) is 5.75 Å². The first kappa shape index (κ1) is 12.4. The van der Waals surface area contributed by atoms with Gasteiger partial charge in [0.05, 0.1) is 7.11 Å². The number of benzene rings is 1. The lowest BCUT2D eigenvalue weighted by Gasteiger charge is -2.27. The van der Waals surface area contributed by atoms with Gasteiger partial charge in [-0.05, 0) is 36.3 Å². The smallest absolute Gasteiger partial charge is 0.254 e. The van der Waals surface area contributed by atoms with Crippen LogP contribution in [-0.4, -0.2) is 37.3 Å². The van der Waals surface area contributed by atoms with Crippen LogP contribution in [-0.2, 0) is 11.2 Å². The van der Waals surface area contributed by atoms with E-state index >= 15 is 0 Å². The van der Waals surface area contributed by atoms with Gasteiger partial charge in [0.15, 0.2) is 0 Å². The molecule has 0 bridgehead atoms. The second kappa shape index (κ2) is 5.49. The molecule has 0 saturated heterocycles. The van der Waals surface area contributed by atoms with Crippen LogP contribution in [0.15, 0.2) is 30.4 Å². The summed E-state index contributed by atoms with van der Waals surface area (Å²) in [7, 11) is 1.61. The number of nitrogens with zero attached hydrogens (tertiary/aromatic N) is 1. The summed E-state index contributed by atoms with van der Waals surface area (Å²) in [6, 6.07) is 5.50. The zero-order valence-electron chi connectivity index (χ0n) is 10.3. The topological polar surface area (TPSA) is 46.6 Å². The molecule has 4 nitrogen and oxygen atoms in total. The van der Waals surface area contributed by atoms with Crippen LogP contribution in [0.2, 0.25) is 0 Å². The van der Waals surface area contributed by atoms with Crippen molar-refractivity contribution in [2.75, 3.05) is 20.2 Å². The standard InChI is InChI=1S/C14H15NO3/c1-18-12-4-5-13-11(10-12)6-8-15(14(13)17)7-2-3-9-16/h2-5,9-10H,6-8H2,1H3. The van der Waals surface area contributed by atoms with Gasteiger partial charge in [0.1, 0.15) is 12.0 Å². The Balaban J connectivity index is 2.18. The SMILES string of the molecule is COc1ccc2c(c1)CCN(CC=CC=O)C2=O. The van der Waals surface area contributed by atoms with Gasteiger partial charge in [-0.2, -0.15) is 0 Å². The number of hydrogen-bond acceptors (Lipinski definition) is 3. The number of hydrogen-bond donors (Lipinski definition) is 0. The summed E-state index contributed by atoms with van der Waals surface area (Å²) in [6.45, 7) is 1.14. The Morgan fingerprint density at radius 2 is 2.28 bits per heavy atom. The van der Waals surface area contributed by atoms with Gasteiger partial charge < -0.3 is 9.64 Å². The van der Waals surface area contributed by atoms with E-state index in [1.54, 1.807) is 30.2 Å². The van der Waals surface area contributed by atoms with Crippen LogP contribution in [0.5, 0.6) is 5.75 Å². The van der Waals surface area contributed by atoms with E-state index < -0.39 is 0 Å². The first-order chi connectivity index (χ1) is 8.76. The molecule has 1 aliphatic rings. The van der Waals surface area contributed by atoms with E-state index in [1.165, 1.54) is 6.08 Å². The molecule has 1 heterocycles. The van der Waals surface area contributed by atoms with Crippen LogP contribution in [0.4, 0.5) is 0 Å². The van der Waals surface area contributed by atoms with Crippen molar-refractivity contribution in [1.82, 2.24) is 4.90 Å². The van der Waals surface area contributed by atoms with Gasteiger partial charge in [0.2, 0.25) is 0 Å². The number of methoxy groups -OCH3 is 1. The second-order valence-electron chi connectivity index (χ2n) is 4.09. The summed E-state index contributed by atoms with van der Waals surface area (Å²) in [5, 5.41) is 0. The number of carbonyl (C=O) groups excluding carboxylic acids is 2. The Kier molecular flexibility index (Phi) is 3.77. The van der Waals surface area contributed by atoms with Crippen LogP contribution < -0.4 is 4.74 Å². The first-order valence-corrected chi connectivity index (χ1v) is 5.82. The maximum absolute atomic E-state index is 12.2. The molecule has 4 heteroatoms. The molecular weight excluding hydrogens is 230 g/mol. The highest BCUT2D eigenvalue weighted by molar-refractivity contribution is 5.97. The molecule has 18 heavy (non-hydrogen) atoms. The Morgan fingerprint density at radius 1 is 1.44 bits per heavy atom. The van der Waals surface area contributed by atoms with Gasteiger partial charge in [0, 0.05) is 18.7 Å². The quantitative estimate of drug-likeness (QED) is 0.596. The number of ether oxygens (including phenoxy) is 1. The maximum Gasteiger partial charge on any atom is 0.254 e. The minimum atomic E-state index is 0.00875. The van der Waals surface area contributed by atoms with Crippen LogP contribution in [0.1, 0.15) is 15.9 Å². The van der Waals surface area contributed by atoms with E-state index in [0.717, 1.165) is 23.3 Å². The van der Waals surface area contributed by atoms with E-state index in [9.17, 15) is 9.59 Å². The van der Waals surface area contributed by atoms with Crippen molar-refractivity contribution in [3.63, 3.8) is 0 Å². The molecule has 0 atom stereocenters. The first-order valence-electron chi connectivity index (χ1n) is 5.82. The van der Waals surface area contributed by atoms with Crippen LogP contribution in [0.3, 0.4) is 0 Å². The summed E-state index contributed by atoms with van der Waals surface area (Å²) < 4.78 is 5.15. The van der Waals surface area contributed by atoms with Gasteiger partial charge in [-0.1, -0.05) is 6.08 Å². The highest BCUT2D eigenvalue weighted by Crippen LogP contribution is 2.23. The zero-order chi connectivity index (χ0) is 13.0. The molecule has 0 aliphatic carbocycles. The van der Waals surface area contributed by atoms with E-state index in [0.29, 0.717) is 19.4 Å². The summed E-state index contributed by atoms with van der Waals surface area (Å²) >= 11 is 0. The van der Waals surface area contributed by atoms with Crippen molar-refractivity contribution >= 4 is 12.2 Å². The number of carbonyl (C=O) groups is 2. The molecule has 0 spiro atoms. The maximum atomic E-state index is 12.2. The molecule has 0 saturated carbocycles. The summed E-state index contributed by atoms with van der Waals surface area (Å²) in [4.78, 5) is 24.1. The summed E-state index contributed by atoms with van der Waals surface area (Å²) in [6.07, 6.45) is 4.64. The largest absolute Gasteiger partial charge is 0.497 e. The van der Waals surface area contributed by atoms with Gasteiger partial charge in [-0.3, -0.25) is 9.59 Å². The fourth-order valence-corrected chi connectivity index (χ4v) is 2.06. The highest BCUT2D eigenvalue weighted by atomic mass is 16.5. The zero-order valence-corrected chi connectivity index (χ0v) is 10.3. The van der Waals surface area contributed by atoms with Gasteiger partial charge in [-0.15, -0.1) is 0 Å². The molecule has 2 rings (SSSR count). The molecule has 0 fully saturated rings.